The maximum atomic E-state index is 5.71. The van der Waals surface area contributed by atoms with E-state index in [9.17, 15) is 0 Å². The summed E-state index contributed by atoms with van der Waals surface area (Å²) >= 11 is 0. The molecule has 2 nitrogen and oxygen atoms in total. The molecule has 2 atom stereocenters. The van der Waals surface area contributed by atoms with Crippen molar-refractivity contribution >= 4 is 0 Å². The molecule has 0 N–H and O–H groups in total. The summed E-state index contributed by atoms with van der Waals surface area (Å²) < 4.78 is 5.71. The highest BCUT2D eigenvalue weighted by atomic mass is 16.5. The van der Waals surface area contributed by atoms with Gasteiger partial charge in [0.25, 0.3) is 0 Å². The van der Waals surface area contributed by atoms with Gasteiger partial charge in [-0.25, -0.2) is 0 Å². The molecule has 1 rings (SSSR count). The van der Waals surface area contributed by atoms with E-state index in [4.69, 9.17) is 4.74 Å². The molecule has 2 heteroatoms. The van der Waals surface area contributed by atoms with Crippen molar-refractivity contribution in [1.29, 1.82) is 0 Å². The Morgan fingerprint density at radius 2 is 2.08 bits per heavy atom. The highest BCUT2D eigenvalue weighted by molar-refractivity contribution is 4.92. The zero-order valence-electron chi connectivity index (χ0n) is 9.63. The van der Waals surface area contributed by atoms with Crippen molar-refractivity contribution in [2.75, 3.05) is 13.7 Å². The third-order valence-corrected chi connectivity index (χ3v) is 3.35. The van der Waals surface area contributed by atoms with Gasteiger partial charge >= 0.3 is 0 Å². The molecule has 0 aromatic carbocycles. The summed E-state index contributed by atoms with van der Waals surface area (Å²) in [5, 5.41) is 0. The second-order valence-corrected chi connectivity index (χ2v) is 4.79. The third-order valence-electron chi connectivity index (χ3n) is 3.35. The molecule has 78 valence electrons. The van der Waals surface area contributed by atoms with E-state index in [1.54, 1.807) is 0 Å². The van der Waals surface area contributed by atoms with Crippen LogP contribution < -0.4 is 0 Å². The number of hydrogen-bond acceptors (Lipinski definition) is 2. The van der Waals surface area contributed by atoms with E-state index >= 15 is 0 Å². The zero-order valence-corrected chi connectivity index (χ0v) is 9.63. The van der Waals surface area contributed by atoms with Crippen molar-refractivity contribution in [2.45, 2.75) is 58.2 Å². The Labute approximate surface area is 82.3 Å². The summed E-state index contributed by atoms with van der Waals surface area (Å²) in [6, 6.07) is 0.639. The standard InChI is InChI=1S/C11H23NO/c1-6-13-10-7-9(2)12(5)11(3,4)8-10/h9-10H,6-8H2,1-5H3/t9-,10+/m1/s1. The van der Waals surface area contributed by atoms with Crippen LogP contribution in [-0.4, -0.2) is 36.2 Å². The van der Waals surface area contributed by atoms with E-state index in [1.165, 1.54) is 6.42 Å². The lowest BCUT2D eigenvalue weighted by Crippen LogP contribution is -2.54. The lowest BCUT2D eigenvalue weighted by molar-refractivity contribution is -0.0536. The smallest absolute Gasteiger partial charge is 0.0607 e. The van der Waals surface area contributed by atoms with Crippen LogP contribution in [-0.2, 0) is 4.74 Å². The van der Waals surface area contributed by atoms with Gasteiger partial charge in [0, 0.05) is 18.2 Å². The van der Waals surface area contributed by atoms with E-state index in [1.807, 2.05) is 0 Å². The molecule has 0 aliphatic carbocycles. The molecule has 1 fully saturated rings. The first-order chi connectivity index (χ1) is 5.97. The molecule has 0 aromatic rings. The first-order valence-corrected chi connectivity index (χ1v) is 5.32. The Balaban J connectivity index is 2.59. The second-order valence-electron chi connectivity index (χ2n) is 4.79. The van der Waals surface area contributed by atoms with Crippen molar-refractivity contribution in [2.24, 2.45) is 0 Å². The second kappa shape index (κ2) is 3.97. The molecule has 0 aromatic heterocycles. The van der Waals surface area contributed by atoms with Crippen LogP contribution in [0.2, 0.25) is 0 Å². The van der Waals surface area contributed by atoms with E-state index in [2.05, 4.69) is 39.6 Å². The summed E-state index contributed by atoms with van der Waals surface area (Å²) in [7, 11) is 2.22. The SMILES string of the molecule is CCO[C@H]1C[C@@H](C)N(C)C(C)(C)C1. The van der Waals surface area contributed by atoms with Crippen LogP contribution >= 0.6 is 0 Å². The van der Waals surface area contributed by atoms with Crippen LogP contribution in [0.5, 0.6) is 0 Å². The normalized spacial score (nSPS) is 34.8. The lowest BCUT2D eigenvalue weighted by atomic mass is 9.85. The molecule has 0 spiro atoms. The molecular weight excluding hydrogens is 162 g/mol. The molecule has 1 aliphatic heterocycles. The van der Waals surface area contributed by atoms with Gasteiger partial charge in [0.05, 0.1) is 6.10 Å². The van der Waals surface area contributed by atoms with Crippen LogP contribution in [0.25, 0.3) is 0 Å². The molecule has 0 bridgehead atoms. The van der Waals surface area contributed by atoms with Gasteiger partial charge in [-0.1, -0.05) is 0 Å². The molecule has 1 heterocycles. The number of nitrogens with zero attached hydrogens (tertiary/aromatic N) is 1. The first kappa shape index (κ1) is 11.0. The van der Waals surface area contributed by atoms with Gasteiger partial charge in [0.2, 0.25) is 0 Å². The van der Waals surface area contributed by atoms with Gasteiger partial charge in [-0.3, -0.25) is 4.90 Å². The largest absolute Gasteiger partial charge is 0.378 e. The Morgan fingerprint density at radius 1 is 1.46 bits per heavy atom. The topological polar surface area (TPSA) is 12.5 Å². The number of hydrogen-bond donors (Lipinski definition) is 0. The predicted molar refractivity (Wildman–Crippen MR) is 56.0 cm³/mol. The molecule has 0 amide bonds. The average molecular weight is 185 g/mol. The molecular formula is C11H23NO. The Bertz CT molecular complexity index is 167. The van der Waals surface area contributed by atoms with Crippen LogP contribution in [0.15, 0.2) is 0 Å². The fraction of sp³-hybridized carbons (Fsp3) is 1.00. The lowest BCUT2D eigenvalue weighted by Gasteiger charge is -2.47. The monoisotopic (exact) mass is 185 g/mol. The summed E-state index contributed by atoms with van der Waals surface area (Å²) in [5.41, 5.74) is 0.289. The summed E-state index contributed by atoms with van der Waals surface area (Å²) in [4.78, 5) is 2.46. The predicted octanol–water partition coefficient (Wildman–Crippen LogP) is 2.28. The van der Waals surface area contributed by atoms with E-state index in [0.717, 1.165) is 13.0 Å². The maximum absolute atomic E-state index is 5.71. The van der Waals surface area contributed by atoms with Crippen LogP contribution in [0.1, 0.15) is 40.5 Å². The fourth-order valence-electron chi connectivity index (χ4n) is 2.28. The summed E-state index contributed by atoms with van der Waals surface area (Å²) in [6.07, 6.45) is 2.79. The third kappa shape index (κ3) is 2.44. The van der Waals surface area contributed by atoms with Crippen molar-refractivity contribution in [3.05, 3.63) is 0 Å². The minimum Gasteiger partial charge on any atom is -0.378 e. The van der Waals surface area contributed by atoms with Gasteiger partial charge in [-0.05, 0) is 47.6 Å². The van der Waals surface area contributed by atoms with Gasteiger partial charge in [0.15, 0.2) is 0 Å². The van der Waals surface area contributed by atoms with Crippen LogP contribution in [0.3, 0.4) is 0 Å². The Morgan fingerprint density at radius 3 is 2.54 bits per heavy atom. The van der Waals surface area contributed by atoms with E-state index < -0.39 is 0 Å². The van der Waals surface area contributed by atoms with Crippen molar-refractivity contribution in [3.63, 3.8) is 0 Å². The molecule has 0 saturated carbocycles. The quantitative estimate of drug-likeness (QED) is 0.654. The first-order valence-electron chi connectivity index (χ1n) is 5.32. The highest BCUT2D eigenvalue weighted by Crippen LogP contribution is 2.31. The number of ether oxygens (including phenoxy) is 1. The fourth-order valence-corrected chi connectivity index (χ4v) is 2.28. The summed E-state index contributed by atoms with van der Waals surface area (Å²) in [5.74, 6) is 0. The number of rotatable bonds is 2. The maximum Gasteiger partial charge on any atom is 0.0607 e. The number of piperidine rings is 1. The molecule has 1 aliphatic rings. The van der Waals surface area contributed by atoms with Gasteiger partial charge < -0.3 is 4.74 Å². The minimum absolute atomic E-state index is 0.289. The van der Waals surface area contributed by atoms with Gasteiger partial charge in [-0.15, -0.1) is 0 Å². The van der Waals surface area contributed by atoms with E-state index in [0.29, 0.717) is 12.1 Å². The Kier molecular flexibility index (Phi) is 3.36. The molecule has 0 unspecified atom stereocenters. The van der Waals surface area contributed by atoms with E-state index in [-0.39, 0.29) is 5.54 Å². The molecule has 13 heavy (non-hydrogen) atoms. The molecule has 1 saturated heterocycles. The van der Waals surface area contributed by atoms with Crippen molar-refractivity contribution in [3.8, 4) is 0 Å². The highest BCUT2D eigenvalue weighted by Gasteiger charge is 2.36. The number of likely N-dealkylation sites (tertiary alicyclic amines) is 1. The average Bonchev–Trinajstić information content (AvgIpc) is 2.00. The minimum atomic E-state index is 0.289. The zero-order chi connectivity index (χ0) is 10.1. The van der Waals surface area contributed by atoms with Crippen molar-refractivity contribution in [1.82, 2.24) is 4.90 Å². The van der Waals surface area contributed by atoms with Gasteiger partial charge in [-0.2, -0.15) is 0 Å². The van der Waals surface area contributed by atoms with Crippen LogP contribution in [0.4, 0.5) is 0 Å². The molecule has 0 radical (unpaired) electrons. The van der Waals surface area contributed by atoms with Crippen LogP contribution in [0, 0.1) is 0 Å². The summed E-state index contributed by atoms with van der Waals surface area (Å²) in [6.45, 7) is 9.81. The Hall–Kier alpha value is -0.0800. The van der Waals surface area contributed by atoms with Crippen molar-refractivity contribution < 1.29 is 4.74 Å². The van der Waals surface area contributed by atoms with Gasteiger partial charge in [0.1, 0.15) is 0 Å².